The molecule has 108 valence electrons. The van der Waals surface area contributed by atoms with Gasteiger partial charge in [-0.05, 0) is 72.9 Å². The van der Waals surface area contributed by atoms with E-state index in [4.69, 9.17) is 5.73 Å². The third kappa shape index (κ3) is 1.67. The first kappa shape index (κ1) is 13.1. The maximum atomic E-state index is 6.12. The molecule has 1 spiro atoms. The summed E-state index contributed by atoms with van der Waals surface area (Å²) in [4.78, 5) is 0. The summed E-state index contributed by atoms with van der Waals surface area (Å²) in [6.07, 6.45) is 4.94. The van der Waals surface area contributed by atoms with Gasteiger partial charge in [-0.2, -0.15) is 0 Å². The third-order valence-corrected chi connectivity index (χ3v) is 5.74. The summed E-state index contributed by atoms with van der Waals surface area (Å²) in [7, 11) is 0. The van der Waals surface area contributed by atoms with Crippen LogP contribution in [0.25, 0.3) is 0 Å². The van der Waals surface area contributed by atoms with Gasteiger partial charge in [0.25, 0.3) is 0 Å². The molecule has 0 amide bonds. The monoisotopic (exact) mass is 277 g/mol. The lowest BCUT2D eigenvalue weighted by Gasteiger charge is -2.29. The Morgan fingerprint density at radius 2 is 1.71 bits per heavy atom. The molecule has 0 fully saturated rings. The van der Waals surface area contributed by atoms with Gasteiger partial charge in [-0.15, -0.1) is 0 Å². The second-order valence-corrected chi connectivity index (χ2v) is 6.84. The number of hydrogen-bond acceptors (Lipinski definition) is 1. The fourth-order valence-electron chi connectivity index (χ4n) is 4.70. The van der Waals surface area contributed by atoms with Gasteiger partial charge in [0.2, 0.25) is 0 Å². The van der Waals surface area contributed by atoms with Crippen molar-refractivity contribution in [2.45, 2.75) is 51.5 Å². The minimum Gasteiger partial charge on any atom is -0.326 e. The normalized spacial score (nSPS) is 22.6. The zero-order chi connectivity index (χ0) is 14.6. The molecule has 0 radical (unpaired) electrons. The average Bonchev–Trinajstić information content (AvgIpc) is 3.03. The molecular formula is C20H23N. The Kier molecular flexibility index (Phi) is 2.77. The Morgan fingerprint density at radius 3 is 2.48 bits per heavy atom. The standard InChI is InChI=1S/C20H23N/c1-13-3-5-15-7-9-20(18(15)11-13)10-8-16-6-4-14(2)17(12-21)19(16)20/h3-6,11H,7-10,12,21H2,1-2H3. The Hall–Kier alpha value is -1.60. The summed E-state index contributed by atoms with van der Waals surface area (Å²) in [6.45, 7) is 5.08. The van der Waals surface area contributed by atoms with Gasteiger partial charge in [-0.3, -0.25) is 0 Å². The molecule has 2 aliphatic carbocycles. The second-order valence-electron chi connectivity index (χ2n) is 6.84. The number of rotatable bonds is 1. The molecule has 0 aromatic heterocycles. The molecule has 21 heavy (non-hydrogen) atoms. The van der Waals surface area contributed by atoms with Crippen LogP contribution in [0.3, 0.4) is 0 Å². The molecule has 4 rings (SSSR count). The predicted molar refractivity (Wildman–Crippen MR) is 87.7 cm³/mol. The van der Waals surface area contributed by atoms with Crippen molar-refractivity contribution in [3.63, 3.8) is 0 Å². The lowest BCUT2D eigenvalue weighted by molar-refractivity contribution is 0.503. The third-order valence-electron chi connectivity index (χ3n) is 5.74. The van der Waals surface area contributed by atoms with Crippen molar-refractivity contribution in [1.82, 2.24) is 0 Å². The van der Waals surface area contributed by atoms with E-state index >= 15 is 0 Å². The van der Waals surface area contributed by atoms with Crippen molar-refractivity contribution < 1.29 is 0 Å². The summed E-state index contributed by atoms with van der Waals surface area (Å²) in [6, 6.07) is 11.6. The lowest BCUT2D eigenvalue weighted by Crippen LogP contribution is -2.24. The molecule has 1 unspecified atom stereocenters. The van der Waals surface area contributed by atoms with Gasteiger partial charge in [-0.25, -0.2) is 0 Å². The molecule has 2 aliphatic rings. The van der Waals surface area contributed by atoms with E-state index in [0.717, 1.165) is 0 Å². The van der Waals surface area contributed by atoms with Crippen LogP contribution >= 0.6 is 0 Å². The first-order chi connectivity index (χ1) is 10.2. The van der Waals surface area contributed by atoms with Crippen molar-refractivity contribution in [3.8, 4) is 0 Å². The van der Waals surface area contributed by atoms with Crippen molar-refractivity contribution >= 4 is 0 Å². The minimum absolute atomic E-state index is 0.247. The maximum absolute atomic E-state index is 6.12. The van der Waals surface area contributed by atoms with E-state index in [0.29, 0.717) is 6.54 Å². The van der Waals surface area contributed by atoms with Gasteiger partial charge in [0.1, 0.15) is 0 Å². The molecule has 2 aromatic carbocycles. The number of aryl methyl sites for hydroxylation is 4. The van der Waals surface area contributed by atoms with Crippen LogP contribution in [0.4, 0.5) is 0 Å². The van der Waals surface area contributed by atoms with Gasteiger partial charge in [-0.1, -0.05) is 35.9 Å². The molecule has 2 N–H and O–H groups in total. The van der Waals surface area contributed by atoms with Crippen LogP contribution in [0.5, 0.6) is 0 Å². The van der Waals surface area contributed by atoms with Gasteiger partial charge in [0.15, 0.2) is 0 Å². The quantitative estimate of drug-likeness (QED) is 0.839. The van der Waals surface area contributed by atoms with E-state index < -0.39 is 0 Å². The molecule has 1 heteroatoms. The SMILES string of the molecule is Cc1ccc2c(c1)C1(CC2)CCc2ccc(C)c(CN)c21. The van der Waals surface area contributed by atoms with Crippen LogP contribution in [-0.4, -0.2) is 0 Å². The van der Waals surface area contributed by atoms with E-state index in [1.807, 2.05) is 0 Å². The first-order valence-corrected chi connectivity index (χ1v) is 8.07. The largest absolute Gasteiger partial charge is 0.326 e. The smallest absolute Gasteiger partial charge is 0.0218 e. The topological polar surface area (TPSA) is 26.0 Å². The Bertz CT molecular complexity index is 725. The Balaban J connectivity index is 2.00. The second kappa shape index (κ2) is 4.45. The van der Waals surface area contributed by atoms with Crippen LogP contribution < -0.4 is 5.73 Å². The van der Waals surface area contributed by atoms with Gasteiger partial charge in [0.05, 0.1) is 0 Å². The molecule has 0 saturated heterocycles. The maximum Gasteiger partial charge on any atom is 0.0218 e. The lowest BCUT2D eigenvalue weighted by atomic mass is 9.74. The minimum atomic E-state index is 0.247. The Morgan fingerprint density at radius 1 is 1.00 bits per heavy atom. The molecule has 2 aromatic rings. The predicted octanol–water partition coefficient (Wildman–Crippen LogP) is 3.94. The van der Waals surface area contributed by atoms with E-state index in [-0.39, 0.29) is 5.41 Å². The fraction of sp³-hybridized carbons (Fsp3) is 0.400. The molecule has 0 saturated carbocycles. The van der Waals surface area contributed by atoms with Crippen molar-refractivity contribution in [3.05, 3.63) is 69.3 Å². The highest BCUT2D eigenvalue weighted by molar-refractivity contribution is 5.58. The van der Waals surface area contributed by atoms with E-state index in [1.165, 1.54) is 47.9 Å². The zero-order valence-electron chi connectivity index (χ0n) is 13.0. The summed E-state index contributed by atoms with van der Waals surface area (Å²) < 4.78 is 0. The van der Waals surface area contributed by atoms with Crippen molar-refractivity contribution in [1.29, 1.82) is 0 Å². The number of nitrogens with two attached hydrogens (primary N) is 1. The van der Waals surface area contributed by atoms with Crippen LogP contribution in [0.2, 0.25) is 0 Å². The number of benzene rings is 2. The summed E-state index contributed by atoms with van der Waals surface area (Å²) >= 11 is 0. The molecule has 1 nitrogen and oxygen atoms in total. The summed E-state index contributed by atoms with van der Waals surface area (Å²) in [5, 5.41) is 0. The van der Waals surface area contributed by atoms with Crippen molar-refractivity contribution in [2.24, 2.45) is 5.73 Å². The van der Waals surface area contributed by atoms with Gasteiger partial charge in [0, 0.05) is 12.0 Å². The zero-order valence-corrected chi connectivity index (χ0v) is 13.0. The summed E-state index contributed by atoms with van der Waals surface area (Å²) in [5.41, 5.74) is 16.8. The number of fused-ring (bicyclic) bond motifs is 4. The molecule has 0 aliphatic heterocycles. The van der Waals surface area contributed by atoms with Gasteiger partial charge >= 0.3 is 0 Å². The molecule has 0 bridgehead atoms. The molecule has 1 atom stereocenters. The van der Waals surface area contributed by atoms with Crippen LogP contribution in [0.15, 0.2) is 30.3 Å². The van der Waals surface area contributed by atoms with Gasteiger partial charge < -0.3 is 5.73 Å². The van der Waals surface area contributed by atoms with Crippen LogP contribution in [0, 0.1) is 13.8 Å². The van der Waals surface area contributed by atoms with Crippen molar-refractivity contribution in [2.75, 3.05) is 0 Å². The molecule has 0 heterocycles. The number of hydrogen-bond donors (Lipinski definition) is 1. The highest BCUT2D eigenvalue weighted by Gasteiger charge is 2.45. The van der Waals surface area contributed by atoms with E-state index in [1.54, 1.807) is 16.7 Å². The highest BCUT2D eigenvalue weighted by atomic mass is 14.6. The first-order valence-electron chi connectivity index (χ1n) is 8.07. The van der Waals surface area contributed by atoms with Crippen LogP contribution in [0.1, 0.15) is 51.8 Å². The van der Waals surface area contributed by atoms with E-state index in [2.05, 4.69) is 44.2 Å². The van der Waals surface area contributed by atoms with E-state index in [9.17, 15) is 0 Å². The summed E-state index contributed by atoms with van der Waals surface area (Å²) in [5.74, 6) is 0. The molecular weight excluding hydrogens is 254 g/mol. The highest BCUT2D eigenvalue weighted by Crippen LogP contribution is 2.53. The fourth-order valence-corrected chi connectivity index (χ4v) is 4.70. The Labute approximate surface area is 127 Å². The average molecular weight is 277 g/mol. The van der Waals surface area contributed by atoms with Crippen LogP contribution in [-0.2, 0) is 24.8 Å².